The van der Waals surface area contributed by atoms with E-state index in [1.54, 1.807) is 33.7 Å². The molecule has 0 aliphatic carbocycles. The van der Waals surface area contributed by atoms with Gasteiger partial charge < -0.3 is 4.90 Å². The van der Waals surface area contributed by atoms with Crippen molar-refractivity contribution in [3.8, 4) is 0 Å². The molecule has 1 unspecified atom stereocenters. The maximum absolute atomic E-state index is 14.4. The number of halogens is 1. The third kappa shape index (κ3) is 4.27. The first-order chi connectivity index (χ1) is 14.3. The van der Waals surface area contributed by atoms with Crippen LogP contribution in [0.3, 0.4) is 0 Å². The molecule has 1 heterocycles. The van der Waals surface area contributed by atoms with Crippen LogP contribution >= 0.6 is 0 Å². The number of carbonyl (C=O) groups is 1. The number of rotatable bonds is 7. The topological polar surface area (TPSA) is 55.2 Å². The molecule has 3 rings (SSSR count). The van der Waals surface area contributed by atoms with Crippen molar-refractivity contribution < 1.29 is 9.18 Å². The Balaban J connectivity index is 2.11. The second kappa shape index (κ2) is 9.20. The summed E-state index contributed by atoms with van der Waals surface area (Å²) in [5.74, 6) is -0.0735. The van der Waals surface area contributed by atoms with Crippen molar-refractivity contribution in [1.82, 2.24) is 14.5 Å². The molecule has 5 nitrogen and oxygen atoms in total. The Morgan fingerprint density at radius 1 is 1.10 bits per heavy atom. The van der Waals surface area contributed by atoms with Crippen LogP contribution in [0.4, 0.5) is 4.39 Å². The van der Waals surface area contributed by atoms with Gasteiger partial charge in [-0.3, -0.25) is 14.2 Å². The highest BCUT2D eigenvalue weighted by Crippen LogP contribution is 2.24. The quantitative estimate of drug-likeness (QED) is 0.563. The van der Waals surface area contributed by atoms with Crippen molar-refractivity contribution in [1.29, 1.82) is 0 Å². The Morgan fingerprint density at radius 2 is 1.77 bits per heavy atom. The van der Waals surface area contributed by atoms with E-state index in [0.717, 1.165) is 6.42 Å². The van der Waals surface area contributed by atoms with E-state index in [1.165, 1.54) is 12.1 Å². The first kappa shape index (κ1) is 21.7. The highest BCUT2D eigenvalue weighted by atomic mass is 19.1. The van der Waals surface area contributed by atoms with E-state index in [9.17, 15) is 14.0 Å². The van der Waals surface area contributed by atoms with Crippen LogP contribution in [0.25, 0.3) is 10.9 Å². The lowest BCUT2D eigenvalue weighted by molar-refractivity contribution is 0.0664. The summed E-state index contributed by atoms with van der Waals surface area (Å²) in [6.07, 6.45) is 0.758. The molecule has 6 heteroatoms. The van der Waals surface area contributed by atoms with Gasteiger partial charge in [0, 0.05) is 13.1 Å². The van der Waals surface area contributed by atoms with Gasteiger partial charge in [0.15, 0.2) is 0 Å². The molecule has 0 aliphatic heterocycles. The molecule has 0 saturated heterocycles. The normalized spacial score (nSPS) is 12.3. The fourth-order valence-electron chi connectivity index (χ4n) is 3.61. The summed E-state index contributed by atoms with van der Waals surface area (Å²) in [4.78, 5) is 32.7. The molecule has 3 aromatic rings. The van der Waals surface area contributed by atoms with Gasteiger partial charge in [-0.2, -0.15) is 0 Å². The fourth-order valence-corrected chi connectivity index (χ4v) is 3.61. The van der Waals surface area contributed by atoms with E-state index >= 15 is 0 Å². The summed E-state index contributed by atoms with van der Waals surface area (Å²) in [6.45, 7) is 8.76. The molecule has 0 bridgehead atoms. The Hall–Kier alpha value is -3.02. The van der Waals surface area contributed by atoms with Crippen molar-refractivity contribution in [3.05, 3.63) is 76.1 Å². The van der Waals surface area contributed by atoms with E-state index < -0.39 is 17.8 Å². The maximum Gasteiger partial charge on any atom is 0.261 e. The first-order valence-electron chi connectivity index (χ1n) is 10.4. The molecule has 0 N–H and O–H groups in total. The third-order valence-corrected chi connectivity index (χ3v) is 5.36. The van der Waals surface area contributed by atoms with Crippen molar-refractivity contribution in [3.63, 3.8) is 0 Å². The number of fused-ring (bicyclic) bond motifs is 1. The summed E-state index contributed by atoms with van der Waals surface area (Å²) in [5.41, 5.74) is 0.489. The lowest BCUT2D eigenvalue weighted by Crippen LogP contribution is -2.39. The largest absolute Gasteiger partial charge is 0.329 e. The predicted octanol–water partition coefficient (Wildman–Crippen LogP) is 4.81. The van der Waals surface area contributed by atoms with Crippen LogP contribution in [-0.2, 0) is 6.54 Å². The molecule has 0 aliphatic rings. The van der Waals surface area contributed by atoms with E-state index in [1.807, 2.05) is 26.0 Å². The van der Waals surface area contributed by atoms with Crippen molar-refractivity contribution in [2.45, 2.75) is 46.7 Å². The van der Waals surface area contributed by atoms with Gasteiger partial charge in [-0.25, -0.2) is 9.37 Å². The van der Waals surface area contributed by atoms with Gasteiger partial charge in [0.2, 0.25) is 0 Å². The molecule has 1 amide bonds. The second-order valence-electron chi connectivity index (χ2n) is 7.87. The first-order valence-corrected chi connectivity index (χ1v) is 10.4. The molecule has 0 spiro atoms. The molecule has 30 heavy (non-hydrogen) atoms. The minimum absolute atomic E-state index is 0.0271. The standard InChI is InChI=1S/C24H28FN3O2/c1-5-27-22(26-21-13-9-7-11-19(21)24(27)30)17(4)28(15-14-16(2)3)23(29)18-10-6-8-12-20(18)25/h6-13,16-17H,5,14-15H2,1-4H3. The average molecular weight is 410 g/mol. The van der Waals surface area contributed by atoms with E-state index in [-0.39, 0.29) is 11.1 Å². The molecule has 1 aromatic heterocycles. The summed E-state index contributed by atoms with van der Waals surface area (Å²) >= 11 is 0. The highest BCUT2D eigenvalue weighted by molar-refractivity contribution is 5.94. The zero-order valence-corrected chi connectivity index (χ0v) is 17.9. The number of nitrogens with zero attached hydrogens (tertiary/aromatic N) is 3. The Bertz CT molecular complexity index is 1110. The molecule has 0 saturated carbocycles. The van der Waals surface area contributed by atoms with Crippen LogP contribution in [0.15, 0.2) is 53.3 Å². The van der Waals surface area contributed by atoms with Gasteiger partial charge in [0.1, 0.15) is 11.6 Å². The minimum atomic E-state index is -0.552. The zero-order valence-electron chi connectivity index (χ0n) is 17.9. The SMILES string of the molecule is CCn1c(C(C)N(CCC(C)C)C(=O)c2ccccc2F)nc2ccccc2c1=O. The lowest BCUT2D eigenvalue weighted by Gasteiger charge is -2.31. The van der Waals surface area contributed by atoms with Crippen LogP contribution in [-0.4, -0.2) is 26.9 Å². The number of carbonyl (C=O) groups excluding carboxylic acids is 1. The van der Waals surface area contributed by atoms with Crippen LogP contribution < -0.4 is 5.56 Å². The molecule has 1 atom stereocenters. The number of para-hydroxylation sites is 1. The lowest BCUT2D eigenvalue weighted by atomic mass is 10.1. The zero-order chi connectivity index (χ0) is 21.8. The van der Waals surface area contributed by atoms with E-state index in [2.05, 4.69) is 13.8 Å². The molecule has 0 fully saturated rings. The summed E-state index contributed by atoms with van der Waals surface area (Å²) in [5, 5.41) is 0.546. The molecule has 2 aromatic carbocycles. The van der Waals surface area contributed by atoms with Crippen LogP contribution in [0, 0.1) is 11.7 Å². The third-order valence-electron chi connectivity index (χ3n) is 5.36. The summed E-state index contributed by atoms with van der Waals surface area (Å²) in [6, 6.07) is 12.7. The minimum Gasteiger partial charge on any atom is -0.329 e. The van der Waals surface area contributed by atoms with Gasteiger partial charge in [-0.05, 0) is 50.5 Å². The maximum atomic E-state index is 14.4. The van der Waals surface area contributed by atoms with E-state index in [4.69, 9.17) is 4.98 Å². The molecule has 0 radical (unpaired) electrons. The van der Waals surface area contributed by atoms with Crippen LogP contribution in [0.5, 0.6) is 0 Å². The van der Waals surface area contributed by atoms with Gasteiger partial charge in [0.05, 0.1) is 22.5 Å². The predicted molar refractivity (Wildman–Crippen MR) is 117 cm³/mol. The Morgan fingerprint density at radius 3 is 2.43 bits per heavy atom. The van der Waals surface area contributed by atoms with Gasteiger partial charge in [0.25, 0.3) is 11.5 Å². The average Bonchev–Trinajstić information content (AvgIpc) is 2.73. The van der Waals surface area contributed by atoms with Crippen LogP contribution in [0.2, 0.25) is 0 Å². The molecular weight excluding hydrogens is 381 g/mol. The van der Waals surface area contributed by atoms with Gasteiger partial charge in [-0.1, -0.05) is 38.1 Å². The fraction of sp³-hybridized carbons (Fsp3) is 0.375. The summed E-state index contributed by atoms with van der Waals surface area (Å²) < 4.78 is 16.0. The van der Waals surface area contributed by atoms with E-state index in [0.29, 0.717) is 35.7 Å². The number of hydrogen-bond acceptors (Lipinski definition) is 3. The van der Waals surface area contributed by atoms with Crippen molar-refractivity contribution >= 4 is 16.8 Å². The molecule has 158 valence electrons. The smallest absolute Gasteiger partial charge is 0.261 e. The highest BCUT2D eigenvalue weighted by Gasteiger charge is 2.28. The Labute approximate surface area is 176 Å². The second-order valence-corrected chi connectivity index (χ2v) is 7.87. The molecular formula is C24H28FN3O2. The monoisotopic (exact) mass is 409 g/mol. The number of hydrogen-bond donors (Lipinski definition) is 0. The van der Waals surface area contributed by atoms with Crippen LogP contribution in [0.1, 0.15) is 56.3 Å². The van der Waals surface area contributed by atoms with Gasteiger partial charge in [-0.15, -0.1) is 0 Å². The van der Waals surface area contributed by atoms with Crippen molar-refractivity contribution in [2.24, 2.45) is 5.92 Å². The van der Waals surface area contributed by atoms with Gasteiger partial charge >= 0.3 is 0 Å². The summed E-state index contributed by atoms with van der Waals surface area (Å²) in [7, 11) is 0. The number of amides is 1. The van der Waals surface area contributed by atoms with Crippen molar-refractivity contribution in [2.75, 3.05) is 6.54 Å². The Kier molecular flexibility index (Phi) is 6.65. The number of aromatic nitrogens is 2. The number of benzene rings is 2.